The molecule has 1 aromatic carbocycles. The van der Waals surface area contributed by atoms with Crippen molar-refractivity contribution < 1.29 is 19.4 Å². The van der Waals surface area contributed by atoms with Crippen LogP contribution >= 0.6 is 12.4 Å². The smallest absolute Gasteiger partial charge is 0.308 e. The molecule has 1 fully saturated rings. The number of likely N-dealkylation sites (tertiary alicyclic amines) is 1. The van der Waals surface area contributed by atoms with Crippen molar-refractivity contribution in [2.45, 2.75) is 33.1 Å². The Morgan fingerprint density at radius 3 is 2.65 bits per heavy atom. The molecule has 1 aromatic rings. The van der Waals surface area contributed by atoms with Gasteiger partial charge in [0.25, 0.3) is 5.91 Å². The Morgan fingerprint density at radius 1 is 1.39 bits per heavy atom. The molecule has 2 rings (SSSR count). The number of benzene rings is 1. The van der Waals surface area contributed by atoms with E-state index in [1.165, 1.54) is 0 Å². The summed E-state index contributed by atoms with van der Waals surface area (Å²) in [5, 5.41) is 8.98. The summed E-state index contributed by atoms with van der Waals surface area (Å²) in [5.41, 5.74) is 2.15. The predicted octanol–water partition coefficient (Wildman–Crippen LogP) is 2.85. The number of carboxylic acids is 1. The number of hydrogen-bond donors (Lipinski definition) is 1. The molecule has 1 N–H and O–H groups in total. The standard InChI is InChI=1S/C17H23NO4.ClH/c1-11(2)14-5-4-12(3)8-15(14)22-10-16(19)18-7-6-13(9-18)17(20)21;/h4-5,8,11,13H,6-7,9-10H2,1-3H3,(H,20,21);1H. The molecule has 1 saturated heterocycles. The molecule has 6 heteroatoms. The molecule has 0 radical (unpaired) electrons. The van der Waals surface area contributed by atoms with Gasteiger partial charge in [-0.25, -0.2) is 0 Å². The number of carbonyl (C=O) groups excluding carboxylic acids is 1. The molecule has 128 valence electrons. The highest BCUT2D eigenvalue weighted by Gasteiger charge is 2.30. The lowest BCUT2D eigenvalue weighted by Crippen LogP contribution is -2.34. The molecule has 1 aliphatic heterocycles. The van der Waals surface area contributed by atoms with Gasteiger partial charge >= 0.3 is 5.97 Å². The van der Waals surface area contributed by atoms with E-state index >= 15 is 0 Å². The van der Waals surface area contributed by atoms with Crippen LogP contribution < -0.4 is 4.74 Å². The maximum Gasteiger partial charge on any atom is 0.308 e. The Bertz CT molecular complexity index is 574. The van der Waals surface area contributed by atoms with Gasteiger partial charge in [-0.05, 0) is 36.5 Å². The van der Waals surface area contributed by atoms with Gasteiger partial charge in [-0.3, -0.25) is 9.59 Å². The highest BCUT2D eigenvalue weighted by atomic mass is 35.5. The van der Waals surface area contributed by atoms with Crippen LogP contribution in [-0.2, 0) is 9.59 Å². The van der Waals surface area contributed by atoms with E-state index in [0.29, 0.717) is 18.9 Å². The van der Waals surface area contributed by atoms with Crippen LogP contribution in [0.3, 0.4) is 0 Å². The van der Waals surface area contributed by atoms with Crippen LogP contribution in [0.15, 0.2) is 18.2 Å². The van der Waals surface area contributed by atoms with Crippen LogP contribution in [-0.4, -0.2) is 41.6 Å². The van der Waals surface area contributed by atoms with E-state index in [9.17, 15) is 9.59 Å². The summed E-state index contributed by atoms with van der Waals surface area (Å²) < 4.78 is 5.71. The Hall–Kier alpha value is -1.75. The number of ether oxygens (including phenoxy) is 1. The number of aryl methyl sites for hydroxylation is 1. The number of amides is 1. The molecule has 1 unspecified atom stereocenters. The monoisotopic (exact) mass is 341 g/mol. The van der Waals surface area contributed by atoms with Crippen molar-refractivity contribution in [3.8, 4) is 5.75 Å². The van der Waals surface area contributed by atoms with Gasteiger partial charge in [0.1, 0.15) is 5.75 Å². The number of nitrogens with zero attached hydrogens (tertiary/aromatic N) is 1. The zero-order valence-corrected chi connectivity index (χ0v) is 14.6. The van der Waals surface area contributed by atoms with Gasteiger partial charge in [-0.1, -0.05) is 26.0 Å². The van der Waals surface area contributed by atoms with Crippen LogP contribution in [0.1, 0.15) is 37.3 Å². The van der Waals surface area contributed by atoms with E-state index in [0.717, 1.165) is 16.9 Å². The highest BCUT2D eigenvalue weighted by molar-refractivity contribution is 5.85. The minimum Gasteiger partial charge on any atom is -0.483 e. The lowest BCUT2D eigenvalue weighted by atomic mass is 10.0. The molecule has 5 nitrogen and oxygen atoms in total. The summed E-state index contributed by atoms with van der Waals surface area (Å²) in [4.78, 5) is 24.7. The largest absolute Gasteiger partial charge is 0.483 e. The maximum absolute atomic E-state index is 12.2. The van der Waals surface area contributed by atoms with Crippen LogP contribution in [0.25, 0.3) is 0 Å². The fourth-order valence-corrected chi connectivity index (χ4v) is 2.66. The summed E-state index contributed by atoms with van der Waals surface area (Å²) >= 11 is 0. The zero-order chi connectivity index (χ0) is 16.3. The zero-order valence-electron chi connectivity index (χ0n) is 13.7. The number of halogens is 1. The fourth-order valence-electron chi connectivity index (χ4n) is 2.66. The van der Waals surface area contributed by atoms with E-state index in [1.807, 2.05) is 25.1 Å². The van der Waals surface area contributed by atoms with E-state index in [2.05, 4.69) is 13.8 Å². The van der Waals surface area contributed by atoms with Gasteiger partial charge < -0.3 is 14.7 Å². The van der Waals surface area contributed by atoms with Gasteiger partial charge in [-0.2, -0.15) is 0 Å². The summed E-state index contributed by atoms with van der Waals surface area (Å²) in [6, 6.07) is 5.99. The van der Waals surface area contributed by atoms with Crippen molar-refractivity contribution in [3.05, 3.63) is 29.3 Å². The third-order valence-electron chi connectivity index (χ3n) is 4.03. The van der Waals surface area contributed by atoms with E-state index in [1.54, 1.807) is 4.90 Å². The van der Waals surface area contributed by atoms with Gasteiger partial charge in [0, 0.05) is 13.1 Å². The van der Waals surface area contributed by atoms with Crippen molar-refractivity contribution >= 4 is 24.3 Å². The molecule has 0 saturated carbocycles. The molecule has 1 atom stereocenters. The SMILES string of the molecule is Cc1ccc(C(C)C)c(OCC(=O)N2CCC(C(=O)O)C2)c1.Cl. The number of aliphatic carboxylic acids is 1. The first-order valence-corrected chi connectivity index (χ1v) is 7.62. The van der Waals surface area contributed by atoms with E-state index in [-0.39, 0.29) is 31.5 Å². The third-order valence-corrected chi connectivity index (χ3v) is 4.03. The second-order valence-corrected chi connectivity index (χ2v) is 6.15. The first-order valence-electron chi connectivity index (χ1n) is 7.62. The van der Waals surface area contributed by atoms with Crippen molar-refractivity contribution in [2.75, 3.05) is 19.7 Å². The van der Waals surface area contributed by atoms with Gasteiger partial charge in [0.2, 0.25) is 0 Å². The summed E-state index contributed by atoms with van der Waals surface area (Å²) in [7, 11) is 0. The predicted molar refractivity (Wildman–Crippen MR) is 90.3 cm³/mol. The molecule has 1 amide bonds. The quantitative estimate of drug-likeness (QED) is 0.894. The summed E-state index contributed by atoms with van der Waals surface area (Å²) in [5.74, 6) is -0.391. The number of carbonyl (C=O) groups is 2. The number of rotatable bonds is 5. The molecule has 1 aliphatic rings. The van der Waals surface area contributed by atoms with Crippen LogP contribution in [0.5, 0.6) is 5.75 Å². The molecular formula is C17H24ClNO4. The van der Waals surface area contributed by atoms with E-state index < -0.39 is 11.9 Å². The Labute approximate surface area is 143 Å². The minimum atomic E-state index is -0.836. The van der Waals surface area contributed by atoms with Crippen molar-refractivity contribution in [3.63, 3.8) is 0 Å². The Kier molecular flexibility index (Phi) is 6.88. The molecule has 23 heavy (non-hydrogen) atoms. The average Bonchev–Trinajstić information content (AvgIpc) is 2.94. The fraction of sp³-hybridized carbons (Fsp3) is 0.529. The second kappa shape index (κ2) is 8.20. The lowest BCUT2D eigenvalue weighted by molar-refractivity contribution is -0.141. The number of hydrogen-bond acceptors (Lipinski definition) is 3. The Morgan fingerprint density at radius 2 is 2.09 bits per heavy atom. The molecule has 1 heterocycles. The second-order valence-electron chi connectivity index (χ2n) is 6.15. The first kappa shape index (κ1) is 19.3. The van der Waals surface area contributed by atoms with Crippen LogP contribution in [0, 0.1) is 12.8 Å². The normalized spacial score (nSPS) is 17.0. The molecule has 0 aromatic heterocycles. The van der Waals surface area contributed by atoms with Crippen molar-refractivity contribution in [1.82, 2.24) is 4.90 Å². The van der Waals surface area contributed by atoms with Crippen LogP contribution in [0.4, 0.5) is 0 Å². The summed E-state index contributed by atoms with van der Waals surface area (Å²) in [6.07, 6.45) is 0.517. The topological polar surface area (TPSA) is 66.8 Å². The first-order chi connectivity index (χ1) is 10.4. The highest BCUT2D eigenvalue weighted by Crippen LogP contribution is 2.27. The third kappa shape index (κ3) is 4.86. The minimum absolute atomic E-state index is 0. The average molecular weight is 342 g/mol. The van der Waals surface area contributed by atoms with Crippen molar-refractivity contribution in [2.24, 2.45) is 5.92 Å². The lowest BCUT2D eigenvalue weighted by Gasteiger charge is -2.18. The molecule has 0 bridgehead atoms. The Balaban J connectivity index is 0.00000264. The van der Waals surface area contributed by atoms with Gasteiger partial charge in [-0.15, -0.1) is 12.4 Å². The number of carboxylic acid groups (broad SMARTS) is 1. The molecule has 0 spiro atoms. The molecule has 0 aliphatic carbocycles. The van der Waals surface area contributed by atoms with Gasteiger partial charge in [0.05, 0.1) is 5.92 Å². The molecular weight excluding hydrogens is 318 g/mol. The van der Waals surface area contributed by atoms with Crippen LogP contribution in [0.2, 0.25) is 0 Å². The van der Waals surface area contributed by atoms with Crippen molar-refractivity contribution in [1.29, 1.82) is 0 Å². The summed E-state index contributed by atoms with van der Waals surface area (Å²) in [6.45, 7) is 6.87. The van der Waals surface area contributed by atoms with Gasteiger partial charge in [0.15, 0.2) is 6.61 Å². The van der Waals surface area contributed by atoms with E-state index in [4.69, 9.17) is 9.84 Å². The maximum atomic E-state index is 12.2.